The largest absolute Gasteiger partial charge is 0.481 e. The van der Waals surface area contributed by atoms with Crippen LogP contribution in [0.2, 0.25) is 0 Å². The van der Waals surface area contributed by atoms with Crippen molar-refractivity contribution in [2.45, 2.75) is 6.92 Å². The maximum atomic E-state index is 13.4. The molecule has 24 heavy (non-hydrogen) atoms. The van der Waals surface area contributed by atoms with Gasteiger partial charge in [-0.25, -0.2) is 4.39 Å². The molecule has 1 aromatic carbocycles. The highest BCUT2D eigenvalue weighted by Gasteiger charge is 2.36. The Morgan fingerprint density at radius 3 is 2.79 bits per heavy atom. The summed E-state index contributed by atoms with van der Waals surface area (Å²) in [7, 11) is 0. The number of carbonyl (C=O) groups excluding carboxylic acids is 2. The molecular formula is C15H15FN4O3S. The number of ether oxygens (including phenoxy) is 1. The van der Waals surface area contributed by atoms with E-state index in [-0.39, 0.29) is 30.1 Å². The van der Waals surface area contributed by atoms with Crippen LogP contribution in [-0.4, -0.2) is 46.6 Å². The van der Waals surface area contributed by atoms with Gasteiger partial charge in [0.2, 0.25) is 11.0 Å². The average molecular weight is 350 g/mol. The quantitative estimate of drug-likeness (QED) is 0.883. The van der Waals surface area contributed by atoms with Crippen LogP contribution in [0.1, 0.15) is 5.01 Å². The van der Waals surface area contributed by atoms with Crippen molar-refractivity contribution < 1.29 is 18.7 Å². The standard InChI is InChI=1S/C15H15FN4O3S/c1-9-18-19-15(24-9)17-14(22)10-6-20(7-10)13(21)8-23-12-5-3-2-4-11(12)16/h2-5,10H,6-8H2,1H3,(H,17,19,22). The van der Waals surface area contributed by atoms with Crippen molar-refractivity contribution in [2.75, 3.05) is 25.0 Å². The molecule has 0 bridgehead atoms. The molecule has 0 atom stereocenters. The number of aryl methyl sites for hydroxylation is 1. The Bertz CT molecular complexity index is 761. The predicted octanol–water partition coefficient (Wildman–Crippen LogP) is 1.46. The molecule has 1 saturated heterocycles. The number of benzene rings is 1. The van der Waals surface area contributed by atoms with E-state index in [0.717, 1.165) is 5.01 Å². The van der Waals surface area contributed by atoms with E-state index in [1.165, 1.54) is 28.4 Å². The maximum Gasteiger partial charge on any atom is 0.260 e. The van der Waals surface area contributed by atoms with Crippen molar-refractivity contribution in [1.82, 2.24) is 15.1 Å². The molecule has 1 aliphatic heterocycles. The zero-order chi connectivity index (χ0) is 17.1. The lowest BCUT2D eigenvalue weighted by atomic mass is 9.99. The SMILES string of the molecule is Cc1nnc(NC(=O)C2CN(C(=O)COc3ccccc3F)C2)s1. The molecule has 0 aliphatic carbocycles. The molecule has 0 saturated carbocycles. The first kappa shape index (κ1) is 16.3. The number of amides is 2. The van der Waals surface area contributed by atoms with Crippen molar-refractivity contribution in [3.8, 4) is 5.75 Å². The lowest BCUT2D eigenvalue weighted by Crippen LogP contribution is -2.55. The number of rotatable bonds is 5. The second kappa shape index (κ2) is 6.91. The number of nitrogens with one attached hydrogen (secondary N) is 1. The number of nitrogens with zero attached hydrogens (tertiary/aromatic N) is 3. The molecule has 2 heterocycles. The van der Waals surface area contributed by atoms with Gasteiger partial charge in [-0.1, -0.05) is 23.5 Å². The molecule has 1 aliphatic rings. The van der Waals surface area contributed by atoms with Crippen LogP contribution in [0.4, 0.5) is 9.52 Å². The summed E-state index contributed by atoms with van der Waals surface area (Å²) >= 11 is 1.29. The van der Waals surface area contributed by atoms with Crippen LogP contribution in [-0.2, 0) is 9.59 Å². The van der Waals surface area contributed by atoms with Crippen molar-refractivity contribution >= 4 is 28.3 Å². The van der Waals surface area contributed by atoms with Gasteiger partial charge in [-0.05, 0) is 19.1 Å². The van der Waals surface area contributed by atoms with Crippen molar-refractivity contribution in [3.63, 3.8) is 0 Å². The van der Waals surface area contributed by atoms with E-state index in [2.05, 4.69) is 15.5 Å². The first-order chi connectivity index (χ1) is 11.5. The summed E-state index contributed by atoms with van der Waals surface area (Å²) in [5, 5.41) is 11.5. The first-order valence-electron chi connectivity index (χ1n) is 7.29. The smallest absolute Gasteiger partial charge is 0.260 e. The van der Waals surface area contributed by atoms with E-state index in [1.54, 1.807) is 19.1 Å². The number of halogens is 1. The second-order valence-electron chi connectivity index (χ2n) is 5.33. The van der Waals surface area contributed by atoms with E-state index >= 15 is 0 Å². The van der Waals surface area contributed by atoms with E-state index in [4.69, 9.17) is 4.74 Å². The molecule has 0 spiro atoms. The van der Waals surface area contributed by atoms with Gasteiger partial charge >= 0.3 is 0 Å². The Labute approximate surface area is 141 Å². The molecule has 7 nitrogen and oxygen atoms in total. The Morgan fingerprint density at radius 2 is 2.12 bits per heavy atom. The highest BCUT2D eigenvalue weighted by atomic mass is 32.1. The molecule has 1 N–H and O–H groups in total. The maximum absolute atomic E-state index is 13.4. The molecule has 2 aromatic rings. The van der Waals surface area contributed by atoms with Gasteiger partial charge in [0.15, 0.2) is 18.2 Å². The minimum absolute atomic E-state index is 0.0345. The molecule has 3 rings (SSSR count). The van der Waals surface area contributed by atoms with Crippen LogP contribution in [0.25, 0.3) is 0 Å². The summed E-state index contributed by atoms with van der Waals surface area (Å²) in [6.45, 7) is 2.16. The number of aromatic nitrogens is 2. The topological polar surface area (TPSA) is 84.4 Å². The lowest BCUT2D eigenvalue weighted by molar-refractivity contribution is -0.143. The zero-order valence-electron chi connectivity index (χ0n) is 12.9. The van der Waals surface area contributed by atoms with Gasteiger partial charge in [-0.15, -0.1) is 10.2 Å². The van der Waals surface area contributed by atoms with Gasteiger partial charge in [-0.3, -0.25) is 9.59 Å². The van der Waals surface area contributed by atoms with Gasteiger partial charge < -0.3 is 15.0 Å². The molecule has 1 aromatic heterocycles. The third kappa shape index (κ3) is 3.67. The summed E-state index contributed by atoms with van der Waals surface area (Å²) in [5.74, 6) is -1.24. The molecule has 2 amide bonds. The first-order valence-corrected chi connectivity index (χ1v) is 8.10. The summed E-state index contributed by atoms with van der Waals surface area (Å²) in [5.41, 5.74) is 0. The minimum atomic E-state index is -0.515. The van der Waals surface area contributed by atoms with Crippen molar-refractivity contribution in [1.29, 1.82) is 0 Å². The fourth-order valence-electron chi connectivity index (χ4n) is 2.20. The number of likely N-dealkylation sites (tertiary alicyclic amines) is 1. The lowest BCUT2D eigenvalue weighted by Gasteiger charge is -2.37. The predicted molar refractivity (Wildman–Crippen MR) is 85.2 cm³/mol. The normalized spacial score (nSPS) is 14.2. The Kier molecular flexibility index (Phi) is 4.70. The Balaban J connectivity index is 1.43. The van der Waals surface area contributed by atoms with Crippen LogP contribution >= 0.6 is 11.3 Å². The van der Waals surface area contributed by atoms with Crippen LogP contribution in [0, 0.1) is 18.7 Å². The van der Waals surface area contributed by atoms with Gasteiger partial charge in [0.25, 0.3) is 5.91 Å². The highest BCUT2D eigenvalue weighted by molar-refractivity contribution is 7.15. The summed E-state index contributed by atoms with van der Waals surface area (Å²) < 4.78 is 18.6. The molecule has 0 unspecified atom stereocenters. The van der Waals surface area contributed by atoms with Gasteiger partial charge in [0.1, 0.15) is 5.01 Å². The number of hydrogen-bond donors (Lipinski definition) is 1. The summed E-state index contributed by atoms with van der Waals surface area (Å²) in [6, 6.07) is 5.89. The molecular weight excluding hydrogens is 335 g/mol. The highest BCUT2D eigenvalue weighted by Crippen LogP contribution is 2.21. The number of anilines is 1. The number of carbonyl (C=O) groups is 2. The average Bonchev–Trinajstić information content (AvgIpc) is 2.90. The van der Waals surface area contributed by atoms with Crippen molar-refractivity contribution in [2.24, 2.45) is 5.92 Å². The fourth-order valence-corrected chi connectivity index (χ4v) is 2.79. The summed E-state index contributed by atoms with van der Waals surface area (Å²) in [4.78, 5) is 25.5. The molecule has 126 valence electrons. The van der Waals surface area contributed by atoms with Gasteiger partial charge in [0.05, 0.1) is 5.92 Å². The summed E-state index contributed by atoms with van der Waals surface area (Å²) in [6.07, 6.45) is 0. The van der Waals surface area contributed by atoms with E-state index in [9.17, 15) is 14.0 Å². The number of para-hydroxylation sites is 1. The van der Waals surface area contributed by atoms with Gasteiger partial charge in [-0.2, -0.15) is 0 Å². The van der Waals surface area contributed by atoms with E-state index in [0.29, 0.717) is 18.2 Å². The fraction of sp³-hybridized carbons (Fsp3) is 0.333. The Morgan fingerprint density at radius 1 is 1.38 bits per heavy atom. The molecule has 1 fully saturated rings. The van der Waals surface area contributed by atoms with Crippen LogP contribution in [0.5, 0.6) is 5.75 Å². The van der Waals surface area contributed by atoms with Crippen molar-refractivity contribution in [3.05, 3.63) is 35.1 Å². The second-order valence-corrected chi connectivity index (χ2v) is 6.51. The molecule has 0 radical (unpaired) electrons. The minimum Gasteiger partial charge on any atom is -0.481 e. The van der Waals surface area contributed by atoms with E-state index in [1.807, 2.05) is 0 Å². The van der Waals surface area contributed by atoms with Crippen LogP contribution < -0.4 is 10.1 Å². The van der Waals surface area contributed by atoms with E-state index < -0.39 is 5.82 Å². The Hall–Kier alpha value is -2.55. The monoisotopic (exact) mass is 350 g/mol. The third-order valence-corrected chi connectivity index (χ3v) is 4.30. The van der Waals surface area contributed by atoms with Crippen LogP contribution in [0.15, 0.2) is 24.3 Å². The third-order valence-electron chi connectivity index (χ3n) is 3.55. The number of hydrogen-bond acceptors (Lipinski definition) is 6. The van der Waals surface area contributed by atoms with Crippen LogP contribution in [0.3, 0.4) is 0 Å². The van der Waals surface area contributed by atoms with Gasteiger partial charge in [0, 0.05) is 13.1 Å². The molecule has 9 heteroatoms. The zero-order valence-corrected chi connectivity index (χ0v) is 13.7.